The van der Waals surface area contributed by atoms with Gasteiger partial charge < -0.3 is 0 Å². The van der Waals surface area contributed by atoms with Crippen LogP contribution >= 0.6 is 0 Å². The van der Waals surface area contributed by atoms with Crippen LogP contribution in [0.5, 0.6) is 0 Å². The first-order chi connectivity index (χ1) is 3.29. The molecule has 2 radical (unpaired) electrons. The van der Waals surface area contributed by atoms with Gasteiger partial charge in [-0.3, -0.25) is 0 Å². The summed E-state index contributed by atoms with van der Waals surface area (Å²) in [4.78, 5) is 10.2. The van der Waals surface area contributed by atoms with Crippen LogP contribution in [0.4, 0.5) is 0 Å². The third-order valence-electron chi connectivity index (χ3n) is 0.697. The van der Waals surface area contributed by atoms with Crippen LogP contribution < -0.4 is 5.32 Å². The number of amides is 1. The first-order valence-corrected chi connectivity index (χ1v) is 3.86. The molecule has 1 N–H and O–H groups in total. The van der Waals surface area contributed by atoms with Crippen molar-refractivity contribution >= 4 is 28.4 Å². The van der Waals surface area contributed by atoms with E-state index in [-0.39, 0.29) is 16.8 Å². The summed E-state index contributed by atoms with van der Waals surface area (Å²) in [6.07, 6.45) is 0. The van der Waals surface area contributed by atoms with Gasteiger partial charge in [-0.2, -0.15) is 0 Å². The van der Waals surface area contributed by atoms with Gasteiger partial charge in [0.05, 0.1) is 0 Å². The molecule has 1 aliphatic rings. The van der Waals surface area contributed by atoms with Crippen LogP contribution in [0.3, 0.4) is 0 Å². The summed E-state index contributed by atoms with van der Waals surface area (Å²) in [5, 5.41) is 2.61. The fraction of sp³-hybridized carbons (Fsp3) is 0.667. The van der Waals surface area contributed by atoms with Crippen molar-refractivity contribution in [2.45, 2.75) is 4.24 Å². The van der Waals surface area contributed by atoms with Crippen molar-refractivity contribution in [1.29, 1.82) is 0 Å². The van der Waals surface area contributed by atoms with E-state index in [9.17, 15) is 4.79 Å². The van der Waals surface area contributed by atoms with Gasteiger partial charge in [-0.25, -0.2) is 0 Å². The van der Waals surface area contributed by atoms with Gasteiger partial charge in [0.25, 0.3) is 0 Å². The maximum absolute atomic E-state index is 10.2. The Bertz CT molecular complexity index is 94.9. The van der Waals surface area contributed by atoms with E-state index < -0.39 is 0 Å². The summed E-state index contributed by atoms with van der Waals surface area (Å²) in [6.45, 7) is 0.256. The molecule has 1 aliphatic heterocycles. The normalized spacial score (nSPS) is 30.4. The number of hydrogen-bond acceptors (Lipinski definition) is 2. The second kappa shape index (κ2) is 2.00. The van der Waals surface area contributed by atoms with Crippen LogP contribution in [0.15, 0.2) is 0 Å². The number of nitrogens with one attached hydrogen (secondary N) is 1. The second-order valence-electron chi connectivity index (χ2n) is 1.30. The van der Waals surface area contributed by atoms with Crippen LogP contribution in [0.25, 0.3) is 0 Å². The average molecular weight is 206 g/mol. The molecule has 0 aliphatic carbocycles. The van der Waals surface area contributed by atoms with Crippen molar-refractivity contribution in [3.63, 3.8) is 0 Å². The molecule has 0 spiro atoms. The van der Waals surface area contributed by atoms with Crippen LogP contribution in [-0.2, 0) is 9.53 Å². The third kappa shape index (κ3) is 1.31. The Hall–Kier alpha value is 0.229. The van der Waals surface area contributed by atoms with Gasteiger partial charge in [-0.1, -0.05) is 0 Å². The molecule has 1 fully saturated rings. The summed E-state index contributed by atoms with van der Waals surface area (Å²) in [5.74, 6) is 0.0117. The van der Waals surface area contributed by atoms with Crippen LogP contribution in [0.2, 0.25) is 0 Å². The van der Waals surface area contributed by atoms with Gasteiger partial charge >= 0.3 is 54.1 Å². The molecule has 0 bridgehead atoms. The van der Waals surface area contributed by atoms with Gasteiger partial charge in [0, 0.05) is 0 Å². The summed E-state index contributed by atoms with van der Waals surface area (Å²) >= 11 is 0.945. The Morgan fingerprint density at radius 3 is 2.86 bits per heavy atom. The molecular weight excluding hydrogens is 201 g/mol. The maximum atomic E-state index is 10.2. The van der Waals surface area contributed by atoms with Gasteiger partial charge in [0.1, 0.15) is 0 Å². The first-order valence-electron chi connectivity index (χ1n) is 1.95. The van der Waals surface area contributed by atoms with Crippen LogP contribution in [0.1, 0.15) is 0 Å². The third-order valence-corrected chi connectivity index (χ3v) is 1.72. The number of carbonyl (C=O) groups is 1. The fourth-order valence-electron chi connectivity index (χ4n) is 0.407. The van der Waals surface area contributed by atoms with Crippen LogP contribution in [0, 0.1) is 0 Å². The van der Waals surface area contributed by atoms with Crippen molar-refractivity contribution in [2.75, 3.05) is 6.61 Å². The molecule has 0 saturated carbocycles. The summed E-state index contributed by atoms with van der Waals surface area (Å²) in [5.41, 5.74) is 0. The first kappa shape index (κ1) is 5.37. The van der Waals surface area contributed by atoms with Gasteiger partial charge in [-0.15, -0.1) is 0 Å². The quantitative estimate of drug-likeness (QED) is 0.480. The van der Waals surface area contributed by atoms with Crippen molar-refractivity contribution in [1.82, 2.24) is 5.32 Å². The van der Waals surface area contributed by atoms with Crippen molar-refractivity contribution < 1.29 is 9.53 Å². The molecular formula is C3H5NO2Sn. The zero-order chi connectivity index (χ0) is 5.28. The Balaban J connectivity index is 2.40. The molecule has 1 saturated heterocycles. The molecule has 1 rings (SSSR count). The Kier molecular flexibility index (Phi) is 1.53. The zero-order valence-corrected chi connectivity index (χ0v) is 6.97. The van der Waals surface area contributed by atoms with E-state index in [1.54, 1.807) is 0 Å². The molecule has 1 amide bonds. The van der Waals surface area contributed by atoms with E-state index in [2.05, 4.69) is 5.32 Å². The van der Waals surface area contributed by atoms with E-state index in [4.69, 9.17) is 4.74 Å². The Labute approximate surface area is 54.5 Å². The number of rotatable bonds is 0. The summed E-state index contributed by atoms with van der Waals surface area (Å²) < 4.78 is 4.92. The minimum atomic E-state index is 0.0117. The molecule has 1 atom stereocenters. The molecule has 1 unspecified atom stereocenters. The summed E-state index contributed by atoms with van der Waals surface area (Å²) in [7, 11) is 0. The molecule has 4 heteroatoms. The molecule has 3 nitrogen and oxygen atoms in total. The van der Waals surface area contributed by atoms with E-state index in [0.29, 0.717) is 0 Å². The zero-order valence-electron chi connectivity index (χ0n) is 3.68. The van der Waals surface area contributed by atoms with Gasteiger partial charge in [0.2, 0.25) is 0 Å². The SMILES string of the molecule is O=C1CO[CH]([SnH])N1. The van der Waals surface area contributed by atoms with Gasteiger partial charge in [-0.05, 0) is 0 Å². The molecule has 1 heterocycles. The Morgan fingerprint density at radius 2 is 2.71 bits per heavy atom. The number of hydrogen-bond donors (Lipinski definition) is 1. The Morgan fingerprint density at radius 1 is 2.00 bits per heavy atom. The van der Waals surface area contributed by atoms with Crippen molar-refractivity contribution in [3.8, 4) is 0 Å². The molecule has 38 valence electrons. The van der Waals surface area contributed by atoms with Gasteiger partial charge in [0.15, 0.2) is 0 Å². The fourth-order valence-corrected chi connectivity index (χ4v) is 1.21. The predicted octanol–water partition coefficient (Wildman–Crippen LogP) is -1.68. The van der Waals surface area contributed by atoms with Crippen molar-refractivity contribution in [2.24, 2.45) is 0 Å². The standard InChI is InChI=1S/C3H4NO2.Sn.H/c5-3-1-6-2-4-3;;/h2H,1H2,(H,4,5);;. The average Bonchev–Trinajstić information content (AvgIpc) is 1.87. The van der Waals surface area contributed by atoms with Crippen molar-refractivity contribution in [3.05, 3.63) is 0 Å². The number of ether oxygens (including phenoxy) is 1. The van der Waals surface area contributed by atoms with E-state index in [0.717, 1.165) is 22.5 Å². The minimum absolute atomic E-state index is 0.0117. The molecule has 0 aromatic carbocycles. The second-order valence-corrected chi connectivity index (χ2v) is 3.03. The number of carbonyl (C=O) groups excluding carboxylic acids is 1. The molecule has 7 heavy (non-hydrogen) atoms. The topological polar surface area (TPSA) is 38.3 Å². The summed E-state index contributed by atoms with van der Waals surface area (Å²) in [6, 6.07) is 0. The molecule has 0 aromatic rings. The van der Waals surface area contributed by atoms with E-state index in [1.807, 2.05) is 0 Å². The molecule has 0 aromatic heterocycles. The monoisotopic (exact) mass is 207 g/mol. The van der Waals surface area contributed by atoms with E-state index in [1.165, 1.54) is 0 Å². The van der Waals surface area contributed by atoms with Crippen LogP contribution in [-0.4, -0.2) is 39.3 Å². The predicted molar refractivity (Wildman–Crippen MR) is 25.0 cm³/mol. The van der Waals surface area contributed by atoms with E-state index >= 15 is 0 Å².